The van der Waals surface area contributed by atoms with Gasteiger partial charge in [0.25, 0.3) is 0 Å². The third-order valence-electron chi connectivity index (χ3n) is 4.39. The van der Waals surface area contributed by atoms with Crippen LogP contribution in [0.4, 0.5) is 10.5 Å². The molecule has 0 aliphatic carbocycles. The second-order valence-corrected chi connectivity index (χ2v) is 6.22. The molecule has 0 unspecified atom stereocenters. The maximum absolute atomic E-state index is 12.7. The van der Waals surface area contributed by atoms with E-state index < -0.39 is 6.03 Å². The minimum absolute atomic E-state index is 0. The second-order valence-electron chi connectivity index (χ2n) is 6.22. The van der Waals surface area contributed by atoms with Crippen molar-refractivity contribution in [2.75, 3.05) is 18.4 Å². The van der Waals surface area contributed by atoms with Crippen LogP contribution in [0.15, 0.2) is 36.7 Å². The molecule has 8 nitrogen and oxygen atoms in total. The number of urea groups is 1. The van der Waals surface area contributed by atoms with E-state index in [0.29, 0.717) is 13.1 Å². The van der Waals surface area contributed by atoms with Gasteiger partial charge in [0.15, 0.2) is 0 Å². The van der Waals surface area contributed by atoms with E-state index in [9.17, 15) is 9.59 Å². The fraction of sp³-hybridized carbons (Fsp3) is 0.353. The number of aromatic nitrogens is 2. The van der Waals surface area contributed by atoms with Gasteiger partial charge in [-0.25, -0.2) is 4.79 Å². The Bertz CT molecular complexity index is 761. The van der Waals surface area contributed by atoms with E-state index in [0.717, 1.165) is 23.4 Å². The molecule has 2 heterocycles. The number of halogens is 1. The normalized spacial score (nSPS) is 18.8. The standard InChI is InChI=1S/C17H22N6O2.ClH/c1-23-10-12(7-21-23)14-8-19-9-15(14)16(24)22-13-4-2-11(3-5-13)6-20-17(18)25;/h2-5,7,10,14-15,19H,6,8-9H2,1H3,(H,22,24)(H3,18,20,25);1H/t14-,15+;/m1./s1. The first-order chi connectivity index (χ1) is 12.0. The fourth-order valence-corrected chi connectivity index (χ4v) is 3.07. The van der Waals surface area contributed by atoms with Gasteiger partial charge in [0.2, 0.25) is 5.91 Å². The maximum Gasteiger partial charge on any atom is 0.312 e. The summed E-state index contributed by atoms with van der Waals surface area (Å²) in [5.74, 6) is -0.0324. The SMILES string of the molecule is Cl.Cn1cc([C@H]2CNC[C@@H]2C(=O)Nc2ccc(CNC(N)=O)cc2)cn1. The summed E-state index contributed by atoms with van der Waals surface area (Å²) in [6, 6.07) is 6.76. The van der Waals surface area contributed by atoms with Crippen molar-refractivity contribution in [3.05, 3.63) is 47.8 Å². The van der Waals surface area contributed by atoms with E-state index in [1.165, 1.54) is 0 Å². The van der Waals surface area contributed by atoms with Crippen molar-refractivity contribution in [1.82, 2.24) is 20.4 Å². The number of benzene rings is 1. The van der Waals surface area contributed by atoms with Crippen molar-refractivity contribution in [1.29, 1.82) is 0 Å². The Morgan fingerprint density at radius 3 is 2.65 bits per heavy atom. The lowest BCUT2D eigenvalue weighted by molar-refractivity contribution is -0.119. The van der Waals surface area contributed by atoms with Crippen LogP contribution in [0.3, 0.4) is 0 Å². The van der Waals surface area contributed by atoms with Crippen molar-refractivity contribution in [3.63, 3.8) is 0 Å². The molecule has 0 bridgehead atoms. The second kappa shape index (κ2) is 8.68. The zero-order valence-electron chi connectivity index (χ0n) is 14.4. The number of amides is 3. The van der Waals surface area contributed by atoms with Crippen molar-refractivity contribution in [3.8, 4) is 0 Å². The largest absolute Gasteiger partial charge is 0.352 e. The average Bonchev–Trinajstić information content (AvgIpc) is 3.22. The van der Waals surface area contributed by atoms with Gasteiger partial charge in [-0.1, -0.05) is 12.1 Å². The fourth-order valence-electron chi connectivity index (χ4n) is 3.07. The highest BCUT2D eigenvalue weighted by molar-refractivity contribution is 5.93. The van der Waals surface area contributed by atoms with Gasteiger partial charge in [0.1, 0.15) is 0 Å². The Kier molecular flexibility index (Phi) is 6.59. The molecule has 0 radical (unpaired) electrons. The topological polar surface area (TPSA) is 114 Å². The molecule has 0 spiro atoms. The number of carbonyl (C=O) groups excluding carboxylic acids is 2. The summed E-state index contributed by atoms with van der Waals surface area (Å²) in [5.41, 5.74) is 7.76. The number of nitrogens with one attached hydrogen (secondary N) is 3. The summed E-state index contributed by atoms with van der Waals surface area (Å²) in [5, 5.41) is 13.0. The Morgan fingerprint density at radius 1 is 1.31 bits per heavy atom. The van der Waals surface area contributed by atoms with Crippen molar-refractivity contribution in [2.45, 2.75) is 12.5 Å². The molecular formula is C17H23ClN6O2. The number of carbonyl (C=O) groups is 2. The number of primary amides is 1. The van der Waals surface area contributed by atoms with Gasteiger partial charge in [-0.15, -0.1) is 12.4 Å². The van der Waals surface area contributed by atoms with Crippen molar-refractivity contribution >= 4 is 30.0 Å². The third-order valence-corrected chi connectivity index (χ3v) is 4.39. The Morgan fingerprint density at radius 2 is 2.04 bits per heavy atom. The molecule has 2 aromatic rings. The average molecular weight is 379 g/mol. The van der Waals surface area contributed by atoms with Crippen LogP contribution in [0.2, 0.25) is 0 Å². The van der Waals surface area contributed by atoms with Gasteiger partial charge < -0.3 is 21.7 Å². The van der Waals surface area contributed by atoms with E-state index in [2.05, 4.69) is 21.0 Å². The Balaban J connectivity index is 0.00000243. The van der Waals surface area contributed by atoms with Crippen molar-refractivity contribution < 1.29 is 9.59 Å². The van der Waals surface area contributed by atoms with E-state index >= 15 is 0 Å². The van der Waals surface area contributed by atoms with Crippen LogP contribution < -0.4 is 21.7 Å². The van der Waals surface area contributed by atoms with Crippen LogP contribution in [0.1, 0.15) is 17.0 Å². The number of aryl methyl sites for hydroxylation is 1. The highest BCUT2D eigenvalue weighted by Gasteiger charge is 2.34. The van der Waals surface area contributed by atoms with Crippen LogP contribution in [-0.4, -0.2) is 34.8 Å². The molecule has 26 heavy (non-hydrogen) atoms. The lowest BCUT2D eigenvalue weighted by Crippen LogP contribution is -2.29. The van der Waals surface area contributed by atoms with Gasteiger partial charge in [-0.3, -0.25) is 9.48 Å². The minimum Gasteiger partial charge on any atom is -0.352 e. The van der Waals surface area contributed by atoms with E-state index in [1.54, 1.807) is 4.68 Å². The van der Waals surface area contributed by atoms with Gasteiger partial charge in [0, 0.05) is 44.5 Å². The van der Waals surface area contributed by atoms with Crippen LogP contribution in [0, 0.1) is 5.92 Å². The van der Waals surface area contributed by atoms with Gasteiger partial charge in [-0.2, -0.15) is 5.10 Å². The first-order valence-corrected chi connectivity index (χ1v) is 8.15. The molecule has 1 aliphatic rings. The van der Waals surface area contributed by atoms with E-state index in [1.807, 2.05) is 43.7 Å². The maximum atomic E-state index is 12.7. The highest BCUT2D eigenvalue weighted by Crippen LogP contribution is 2.28. The number of rotatable bonds is 5. The highest BCUT2D eigenvalue weighted by atomic mass is 35.5. The molecule has 1 aliphatic heterocycles. The molecule has 1 aromatic heterocycles. The van der Waals surface area contributed by atoms with Gasteiger partial charge in [0.05, 0.1) is 12.1 Å². The predicted octanol–water partition coefficient (Wildman–Crippen LogP) is 0.952. The summed E-state index contributed by atoms with van der Waals surface area (Å²) in [4.78, 5) is 23.4. The van der Waals surface area contributed by atoms with Crippen LogP contribution in [0.25, 0.3) is 0 Å². The summed E-state index contributed by atoms with van der Waals surface area (Å²) in [6.07, 6.45) is 3.77. The molecule has 9 heteroatoms. The molecule has 0 saturated carbocycles. The number of hydrogen-bond acceptors (Lipinski definition) is 4. The first kappa shape index (κ1) is 19.7. The van der Waals surface area contributed by atoms with E-state index in [-0.39, 0.29) is 30.2 Å². The monoisotopic (exact) mass is 378 g/mol. The molecule has 140 valence electrons. The molecule has 1 fully saturated rings. The van der Waals surface area contributed by atoms with Crippen molar-refractivity contribution in [2.24, 2.45) is 18.7 Å². The molecule has 1 saturated heterocycles. The molecule has 5 N–H and O–H groups in total. The zero-order valence-corrected chi connectivity index (χ0v) is 15.3. The smallest absolute Gasteiger partial charge is 0.312 e. The Labute approximate surface area is 157 Å². The van der Waals surface area contributed by atoms with Crippen LogP contribution in [0.5, 0.6) is 0 Å². The molecule has 2 atom stereocenters. The minimum atomic E-state index is -0.562. The number of hydrogen-bond donors (Lipinski definition) is 4. The third kappa shape index (κ3) is 4.74. The predicted molar refractivity (Wildman–Crippen MR) is 101 cm³/mol. The summed E-state index contributed by atoms with van der Waals surface area (Å²) < 4.78 is 1.75. The summed E-state index contributed by atoms with van der Waals surface area (Å²) >= 11 is 0. The quantitative estimate of drug-likeness (QED) is 0.620. The lowest BCUT2D eigenvalue weighted by atomic mass is 9.90. The zero-order chi connectivity index (χ0) is 17.8. The molecule has 1 aromatic carbocycles. The number of anilines is 1. The van der Waals surface area contributed by atoms with Crippen LogP contribution in [-0.2, 0) is 18.4 Å². The molecule has 3 amide bonds. The van der Waals surface area contributed by atoms with Gasteiger partial charge >= 0.3 is 6.03 Å². The van der Waals surface area contributed by atoms with Gasteiger partial charge in [-0.05, 0) is 23.3 Å². The summed E-state index contributed by atoms with van der Waals surface area (Å²) in [6.45, 7) is 1.77. The lowest BCUT2D eigenvalue weighted by Gasteiger charge is -2.17. The summed E-state index contributed by atoms with van der Waals surface area (Å²) in [7, 11) is 1.87. The Hall–Kier alpha value is -2.58. The molecular weight excluding hydrogens is 356 g/mol. The first-order valence-electron chi connectivity index (χ1n) is 8.15. The number of nitrogens with two attached hydrogens (primary N) is 1. The molecule has 3 rings (SSSR count). The van der Waals surface area contributed by atoms with E-state index in [4.69, 9.17) is 5.73 Å². The number of nitrogens with zero attached hydrogens (tertiary/aromatic N) is 2. The van der Waals surface area contributed by atoms with Crippen LogP contribution >= 0.6 is 12.4 Å².